The molecule has 5 heteroatoms. The van der Waals surface area contributed by atoms with Crippen molar-refractivity contribution in [1.29, 1.82) is 0 Å². The lowest BCUT2D eigenvalue weighted by molar-refractivity contribution is -0.119. The Morgan fingerprint density at radius 2 is 2.41 bits per heavy atom. The quantitative estimate of drug-likeness (QED) is 0.702. The molecule has 0 aromatic carbocycles. The highest BCUT2D eigenvalue weighted by Crippen LogP contribution is 2.12. The Labute approximate surface area is 107 Å². The lowest BCUT2D eigenvalue weighted by Gasteiger charge is -2.14. The van der Waals surface area contributed by atoms with Gasteiger partial charge in [0.1, 0.15) is 5.82 Å². The minimum absolute atomic E-state index is 0.00396. The van der Waals surface area contributed by atoms with Crippen LogP contribution >= 0.6 is 11.8 Å². The second-order valence-corrected chi connectivity index (χ2v) is 5.01. The first-order chi connectivity index (χ1) is 8.27. The summed E-state index contributed by atoms with van der Waals surface area (Å²) in [6.45, 7) is 4.20. The zero-order valence-corrected chi connectivity index (χ0v) is 11.3. The first kappa shape index (κ1) is 14.1. The second kappa shape index (κ2) is 8.17. The molecule has 1 amide bonds. The molecular weight excluding hydrogens is 234 g/mol. The van der Waals surface area contributed by atoms with Crippen LogP contribution in [-0.2, 0) is 4.79 Å². The maximum Gasteiger partial charge on any atom is 0.230 e. The first-order valence-electron chi connectivity index (χ1n) is 6.14. The van der Waals surface area contributed by atoms with Gasteiger partial charge in [-0.3, -0.25) is 4.79 Å². The van der Waals surface area contributed by atoms with Crippen LogP contribution in [0.25, 0.3) is 0 Å². The summed E-state index contributed by atoms with van der Waals surface area (Å²) in [5.41, 5.74) is 0. The third-order valence-corrected chi connectivity index (χ3v) is 3.51. The molecule has 1 aromatic rings. The average molecular weight is 255 g/mol. The van der Waals surface area contributed by atoms with E-state index in [0.29, 0.717) is 5.75 Å². The molecule has 2 N–H and O–H groups in total. The lowest BCUT2D eigenvalue weighted by Crippen LogP contribution is -2.30. The van der Waals surface area contributed by atoms with Crippen LogP contribution in [0.3, 0.4) is 0 Å². The van der Waals surface area contributed by atoms with Gasteiger partial charge in [-0.2, -0.15) is 11.8 Å². The Bertz CT molecular complexity index is 314. The highest BCUT2D eigenvalue weighted by molar-refractivity contribution is 7.99. The van der Waals surface area contributed by atoms with E-state index in [0.717, 1.165) is 18.0 Å². The predicted octanol–water partition coefficient (Wildman–Crippen LogP) is 2.51. The number of rotatable bonds is 8. The third-order valence-electron chi connectivity index (χ3n) is 2.47. The molecule has 0 saturated heterocycles. The van der Waals surface area contributed by atoms with E-state index >= 15 is 0 Å². The molecule has 0 aliphatic carbocycles. The predicted molar refractivity (Wildman–Crippen MR) is 72.0 cm³/mol. The summed E-state index contributed by atoms with van der Waals surface area (Å²) in [4.78, 5) is 18.9. The van der Waals surface area contributed by atoms with Gasteiger partial charge in [-0.1, -0.05) is 20.3 Å². The number of imidazole rings is 1. The number of carbonyl (C=O) groups is 1. The summed E-state index contributed by atoms with van der Waals surface area (Å²) in [6.07, 6.45) is 6.69. The van der Waals surface area contributed by atoms with E-state index in [4.69, 9.17) is 0 Å². The number of nitrogens with zero attached hydrogens (tertiary/aromatic N) is 1. The molecule has 0 bridgehead atoms. The number of nitrogens with one attached hydrogen (secondary N) is 2. The molecule has 96 valence electrons. The van der Waals surface area contributed by atoms with Crippen molar-refractivity contribution < 1.29 is 4.79 Å². The van der Waals surface area contributed by atoms with Crippen molar-refractivity contribution >= 4 is 17.7 Å². The van der Waals surface area contributed by atoms with E-state index in [1.54, 1.807) is 24.2 Å². The van der Waals surface area contributed by atoms with Gasteiger partial charge in [-0.15, -0.1) is 0 Å². The van der Waals surface area contributed by atoms with Gasteiger partial charge in [0.15, 0.2) is 0 Å². The maximum atomic E-state index is 11.7. The molecule has 1 atom stereocenters. The van der Waals surface area contributed by atoms with Crippen molar-refractivity contribution in [3.63, 3.8) is 0 Å². The number of H-pyrrole nitrogens is 1. The van der Waals surface area contributed by atoms with Crippen molar-refractivity contribution in [1.82, 2.24) is 15.3 Å². The van der Waals surface area contributed by atoms with Crippen LogP contribution < -0.4 is 5.32 Å². The van der Waals surface area contributed by atoms with Crippen LogP contribution in [0.5, 0.6) is 0 Å². The van der Waals surface area contributed by atoms with E-state index in [1.165, 1.54) is 12.8 Å². The minimum Gasteiger partial charge on any atom is -0.347 e. The molecule has 1 rings (SSSR count). The number of carbonyl (C=O) groups excluding carboxylic acids is 1. The topological polar surface area (TPSA) is 57.8 Å². The Kier molecular flexibility index (Phi) is 6.77. The van der Waals surface area contributed by atoms with Crippen LogP contribution in [0.1, 0.15) is 45.0 Å². The number of hydrogen-bond donors (Lipinski definition) is 2. The fourth-order valence-corrected chi connectivity index (χ4v) is 2.38. The zero-order chi connectivity index (χ0) is 12.5. The molecule has 0 saturated carbocycles. The van der Waals surface area contributed by atoms with Gasteiger partial charge in [-0.25, -0.2) is 4.98 Å². The first-order valence-corrected chi connectivity index (χ1v) is 7.29. The minimum atomic E-state index is 0.00396. The Hall–Kier alpha value is -0.970. The van der Waals surface area contributed by atoms with Crippen LogP contribution in [-0.4, -0.2) is 27.4 Å². The summed E-state index contributed by atoms with van der Waals surface area (Å²) in [5, 5.41) is 2.99. The molecular formula is C12H21N3OS. The monoisotopic (exact) mass is 255 g/mol. The van der Waals surface area contributed by atoms with Crippen molar-refractivity contribution in [2.75, 3.05) is 11.5 Å². The van der Waals surface area contributed by atoms with Crippen molar-refractivity contribution in [3.05, 3.63) is 18.2 Å². The molecule has 0 aliphatic rings. The zero-order valence-electron chi connectivity index (χ0n) is 10.5. The van der Waals surface area contributed by atoms with Gasteiger partial charge >= 0.3 is 0 Å². The van der Waals surface area contributed by atoms with Crippen LogP contribution in [0.2, 0.25) is 0 Å². The Morgan fingerprint density at radius 3 is 3.00 bits per heavy atom. The van der Waals surface area contributed by atoms with E-state index in [-0.39, 0.29) is 11.9 Å². The molecule has 0 spiro atoms. The van der Waals surface area contributed by atoms with Gasteiger partial charge < -0.3 is 10.3 Å². The van der Waals surface area contributed by atoms with Crippen LogP contribution in [0.15, 0.2) is 12.4 Å². The number of aromatic amines is 1. The molecule has 0 fully saturated rings. The Morgan fingerprint density at radius 1 is 1.59 bits per heavy atom. The van der Waals surface area contributed by atoms with Gasteiger partial charge in [0, 0.05) is 12.4 Å². The van der Waals surface area contributed by atoms with Crippen molar-refractivity contribution in [2.24, 2.45) is 0 Å². The fourth-order valence-electron chi connectivity index (χ4n) is 1.48. The standard InChI is InChI=1S/C12H21N3OS/c1-3-5-8-17-9-11(16)15-10(4-2)12-13-6-7-14-12/h6-7,10H,3-5,8-9H2,1-2H3,(H,13,14)(H,15,16). The normalized spacial score (nSPS) is 12.4. The highest BCUT2D eigenvalue weighted by Gasteiger charge is 2.14. The maximum absolute atomic E-state index is 11.7. The van der Waals surface area contributed by atoms with E-state index in [9.17, 15) is 4.79 Å². The summed E-state index contributed by atoms with van der Waals surface area (Å²) in [5.74, 6) is 2.52. The number of thioether (sulfide) groups is 1. The largest absolute Gasteiger partial charge is 0.347 e. The molecule has 0 radical (unpaired) electrons. The number of hydrogen-bond acceptors (Lipinski definition) is 3. The fraction of sp³-hybridized carbons (Fsp3) is 0.667. The summed E-state index contributed by atoms with van der Waals surface area (Å²) < 4.78 is 0. The molecule has 1 heterocycles. The van der Waals surface area contributed by atoms with E-state index < -0.39 is 0 Å². The summed E-state index contributed by atoms with van der Waals surface area (Å²) in [7, 11) is 0. The molecule has 0 aliphatic heterocycles. The van der Waals surface area contributed by atoms with E-state index in [2.05, 4.69) is 22.2 Å². The molecule has 17 heavy (non-hydrogen) atoms. The van der Waals surface area contributed by atoms with E-state index in [1.807, 2.05) is 6.92 Å². The number of aromatic nitrogens is 2. The highest BCUT2D eigenvalue weighted by atomic mass is 32.2. The van der Waals surface area contributed by atoms with Crippen molar-refractivity contribution in [3.8, 4) is 0 Å². The van der Waals surface area contributed by atoms with Crippen molar-refractivity contribution in [2.45, 2.75) is 39.2 Å². The smallest absolute Gasteiger partial charge is 0.230 e. The molecule has 1 unspecified atom stereocenters. The van der Waals surface area contributed by atoms with Gasteiger partial charge in [0.05, 0.1) is 11.8 Å². The lowest BCUT2D eigenvalue weighted by atomic mass is 10.2. The third kappa shape index (κ3) is 5.26. The average Bonchev–Trinajstić information content (AvgIpc) is 2.85. The van der Waals surface area contributed by atoms with Crippen LogP contribution in [0, 0.1) is 0 Å². The summed E-state index contributed by atoms with van der Waals surface area (Å²) >= 11 is 1.69. The summed E-state index contributed by atoms with van der Waals surface area (Å²) in [6, 6.07) is 0.00396. The van der Waals surface area contributed by atoms with Gasteiger partial charge in [-0.05, 0) is 18.6 Å². The Balaban J connectivity index is 2.28. The molecule has 1 aromatic heterocycles. The number of unbranched alkanes of at least 4 members (excludes halogenated alkanes) is 1. The van der Waals surface area contributed by atoms with Crippen LogP contribution in [0.4, 0.5) is 0 Å². The SMILES string of the molecule is CCCCSCC(=O)NC(CC)c1ncc[nH]1. The molecule has 4 nitrogen and oxygen atoms in total. The van der Waals surface area contributed by atoms with Gasteiger partial charge in [0.2, 0.25) is 5.91 Å². The second-order valence-electron chi connectivity index (χ2n) is 3.91. The van der Waals surface area contributed by atoms with Gasteiger partial charge in [0.25, 0.3) is 0 Å². The number of amides is 1.